The Morgan fingerprint density at radius 1 is 1.09 bits per heavy atom. The molecule has 3 heterocycles. The van der Waals surface area contributed by atoms with Gasteiger partial charge in [0.2, 0.25) is 0 Å². The molecular weight excluding hydrogens is 463 g/mol. The summed E-state index contributed by atoms with van der Waals surface area (Å²) >= 11 is 0. The molecule has 0 unspecified atom stereocenters. The first-order valence-electron chi connectivity index (χ1n) is 10.1. The highest BCUT2D eigenvalue weighted by Crippen LogP contribution is 2.26. The molecule has 0 aliphatic rings. The maximum Gasteiger partial charge on any atom is 0.573 e. The van der Waals surface area contributed by atoms with Crippen LogP contribution in [0.1, 0.15) is 34.7 Å². The van der Waals surface area contributed by atoms with E-state index in [0.29, 0.717) is 28.3 Å². The van der Waals surface area contributed by atoms with Crippen molar-refractivity contribution in [2.24, 2.45) is 0 Å². The van der Waals surface area contributed by atoms with Gasteiger partial charge in [-0.15, -0.1) is 13.2 Å². The number of pyridine rings is 2. The molecule has 0 aliphatic carbocycles. The molecule has 0 radical (unpaired) electrons. The molecule has 176 valence electrons. The zero-order valence-corrected chi connectivity index (χ0v) is 18.1. The van der Waals surface area contributed by atoms with Gasteiger partial charge in [0, 0.05) is 24.2 Å². The third kappa shape index (κ3) is 5.59. The van der Waals surface area contributed by atoms with Crippen LogP contribution in [-0.2, 0) is 0 Å². The molecule has 35 heavy (non-hydrogen) atoms. The van der Waals surface area contributed by atoms with Crippen molar-refractivity contribution in [3.63, 3.8) is 0 Å². The Kier molecular flexibility index (Phi) is 6.41. The predicted molar refractivity (Wildman–Crippen MR) is 116 cm³/mol. The van der Waals surface area contributed by atoms with Crippen LogP contribution >= 0.6 is 0 Å². The zero-order valence-electron chi connectivity index (χ0n) is 18.1. The summed E-state index contributed by atoms with van der Waals surface area (Å²) in [5, 5.41) is 15.9. The molecule has 3 aromatic heterocycles. The Hall–Kier alpha value is -4.79. The molecule has 0 fully saturated rings. The lowest BCUT2D eigenvalue weighted by Gasteiger charge is -2.15. The molecule has 1 aromatic carbocycles. The fourth-order valence-electron chi connectivity index (χ4n) is 3.22. The minimum absolute atomic E-state index is 0.243. The van der Waals surface area contributed by atoms with Gasteiger partial charge in [0.25, 0.3) is 5.91 Å². The smallest absolute Gasteiger partial charge is 0.406 e. The van der Waals surface area contributed by atoms with Crippen LogP contribution in [0.5, 0.6) is 5.75 Å². The number of hydrogen-bond donors (Lipinski definition) is 1. The molecule has 0 spiro atoms. The summed E-state index contributed by atoms with van der Waals surface area (Å²) in [6.45, 7) is 1.72. The third-order valence-corrected chi connectivity index (χ3v) is 4.82. The van der Waals surface area contributed by atoms with Crippen molar-refractivity contribution in [1.82, 2.24) is 30.0 Å². The summed E-state index contributed by atoms with van der Waals surface area (Å²) in [6, 6.07) is 11.4. The summed E-state index contributed by atoms with van der Waals surface area (Å²) in [5.74, 6) is 0.0585. The van der Waals surface area contributed by atoms with Gasteiger partial charge < -0.3 is 10.1 Å². The van der Waals surface area contributed by atoms with Crippen molar-refractivity contribution in [3.05, 3.63) is 84.3 Å². The van der Waals surface area contributed by atoms with E-state index in [-0.39, 0.29) is 11.3 Å². The number of carbonyl (C=O) groups is 1. The van der Waals surface area contributed by atoms with Gasteiger partial charge in [0.1, 0.15) is 18.1 Å². The van der Waals surface area contributed by atoms with E-state index in [4.69, 9.17) is 5.26 Å². The lowest BCUT2D eigenvalue weighted by atomic mass is 10.1. The standard InChI is InChI=1S/C23H16F3N7O2/c1-14(21-30-13-31-33(21)20-7-2-15(9-27)10-29-20)32-22(34)18-8-17(11-28-12-18)16-3-5-19(6-4-16)35-23(24,25)26/h2-8,10-14H,1H3,(H,32,34)/t14-/m1/s1. The van der Waals surface area contributed by atoms with E-state index < -0.39 is 18.3 Å². The second-order valence-electron chi connectivity index (χ2n) is 7.28. The highest BCUT2D eigenvalue weighted by atomic mass is 19.4. The molecule has 1 amide bonds. The summed E-state index contributed by atoms with van der Waals surface area (Å²) in [7, 11) is 0. The number of aromatic nitrogens is 5. The van der Waals surface area contributed by atoms with Crippen molar-refractivity contribution in [1.29, 1.82) is 5.26 Å². The molecule has 4 aromatic rings. The largest absolute Gasteiger partial charge is 0.573 e. The van der Waals surface area contributed by atoms with Crippen molar-refractivity contribution in [2.75, 3.05) is 0 Å². The SMILES string of the molecule is C[C@@H](NC(=O)c1cncc(-c2ccc(OC(F)(F)F)cc2)c1)c1ncnn1-c1ccc(C#N)cn1. The quantitative estimate of drug-likeness (QED) is 0.444. The average molecular weight is 479 g/mol. The zero-order chi connectivity index (χ0) is 25.0. The molecule has 0 saturated heterocycles. The number of ether oxygens (including phenoxy) is 1. The van der Waals surface area contributed by atoms with Crippen molar-refractivity contribution >= 4 is 5.91 Å². The normalized spacial score (nSPS) is 12.0. The molecule has 12 heteroatoms. The van der Waals surface area contributed by atoms with Crippen LogP contribution in [0.15, 0.2) is 67.4 Å². The molecule has 1 N–H and O–H groups in total. The third-order valence-electron chi connectivity index (χ3n) is 4.82. The number of nitrogens with one attached hydrogen (secondary N) is 1. The van der Waals surface area contributed by atoms with Gasteiger partial charge in [-0.3, -0.25) is 9.78 Å². The van der Waals surface area contributed by atoms with E-state index >= 15 is 0 Å². The molecule has 0 bridgehead atoms. The van der Waals surface area contributed by atoms with E-state index in [1.807, 2.05) is 6.07 Å². The summed E-state index contributed by atoms with van der Waals surface area (Å²) in [6.07, 6.45) is 0.819. The predicted octanol–water partition coefficient (Wildman–Crippen LogP) is 3.99. The molecule has 4 rings (SSSR count). The van der Waals surface area contributed by atoms with Crippen LogP contribution in [0.25, 0.3) is 16.9 Å². The number of benzene rings is 1. The van der Waals surface area contributed by atoms with E-state index in [9.17, 15) is 18.0 Å². The number of nitriles is 1. The van der Waals surface area contributed by atoms with Gasteiger partial charge in [-0.1, -0.05) is 12.1 Å². The Labute approximate surface area is 196 Å². The molecule has 0 aliphatic heterocycles. The number of nitrogens with zero attached hydrogens (tertiary/aromatic N) is 6. The van der Waals surface area contributed by atoms with Gasteiger partial charge in [0.15, 0.2) is 11.6 Å². The van der Waals surface area contributed by atoms with Crippen LogP contribution < -0.4 is 10.1 Å². The van der Waals surface area contributed by atoms with Crippen molar-refractivity contribution in [3.8, 4) is 28.8 Å². The van der Waals surface area contributed by atoms with Crippen molar-refractivity contribution < 1.29 is 22.7 Å². The van der Waals surface area contributed by atoms with Gasteiger partial charge >= 0.3 is 6.36 Å². The minimum atomic E-state index is -4.78. The fraction of sp³-hybridized carbons (Fsp3) is 0.130. The number of alkyl halides is 3. The highest BCUT2D eigenvalue weighted by molar-refractivity contribution is 5.95. The highest BCUT2D eigenvalue weighted by Gasteiger charge is 2.31. The molecular formula is C23H16F3N7O2. The second-order valence-corrected chi connectivity index (χ2v) is 7.28. The van der Waals surface area contributed by atoms with Gasteiger partial charge in [-0.2, -0.15) is 15.0 Å². The van der Waals surface area contributed by atoms with Crippen LogP contribution in [-0.4, -0.2) is 37.0 Å². The Balaban J connectivity index is 1.49. The first-order valence-corrected chi connectivity index (χ1v) is 10.1. The van der Waals surface area contributed by atoms with Crippen LogP contribution in [0.3, 0.4) is 0 Å². The number of halogens is 3. The molecule has 9 nitrogen and oxygen atoms in total. The van der Waals surface area contributed by atoms with E-state index in [0.717, 1.165) is 0 Å². The van der Waals surface area contributed by atoms with Crippen LogP contribution in [0, 0.1) is 11.3 Å². The number of carbonyl (C=O) groups excluding carboxylic acids is 1. The number of hydrogen-bond acceptors (Lipinski definition) is 7. The maximum atomic E-state index is 12.9. The fourth-order valence-corrected chi connectivity index (χ4v) is 3.22. The summed E-state index contributed by atoms with van der Waals surface area (Å²) in [5.41, 5.74) is 1.73. The van der Waals surface area contributed by atoms with E-state index in [2.05, 4.69) is 30.1 Å². The number of amides is 1. The van der Waals surface area contributed by atoms with Gasteiger partial charge in [0.05, 0.1) is 17.2 Å². The first kappa shape index (κ1) is 23.4. The Bertz CT molecular complexity index is 1380. The number of rotatable bonds is 6. The second kappa shape index (κ2) is 9.60. The molecule has 1 atom stereocenters. The monoisotopic (exact) mass is 479 g/mol. The van der Waals surface area contributed by atoms with E-state index in [1.54, 1.807) is 25.1 Å². The first-order chi connectivity index (χ1) is 16.7. The molecule has 0 saturated carbocycles. The summed E-state index contributed by atoms with van der Waals surface area (Å²) in [4.78, 5) is 25.3. The topological polar surface area (TPSA) is 119 Å². The van der Waals surface area contributed by atoms with E-state index in [1.165, 1.54) is 53.9 Å². The van der Waals surface area contributed by atoms with Crippen molar-refractivity contribution in [2.45, 2.75) is 19.3 Å². The Morgan fingerprint density at radius 2 is 1.86 bits per heavy atom. The maximum absolute atomic E-state index is 12.9. The minimum Gasteiger partial charge on any atom is -0.406 e. The lowest BCUT2D eigenvalue weighted by molar-refractivity contribution is -0.274. The Morgan fingerprint density at radius 3 is 2.51 bits per heavy atom. The summed E-state index contributed by atoms with van der Waals surface area (Å²) < 4.78 is 42.4. The average Bonchev–Trinajstić information content (AvgIpc) is 3.34. The van der Waals surface area contributed by atoms with Crippen LogP contribution in [0.4, 0.5) is 13.2 Å². The lowest BCUT2D eigenvalue weighted by Crippen LogP contribution is -2.29. The van der Waals surface area contributed by atoms with Gasteiger partial charge in [-0.25, -0.2) is 9.97 Å². The van der Waals surface area contributed by atoms with Crippen LogP contribution in [0.2, 0.25) is 0 Å². The van der Waals surface area contributed by atoms with Gasteiger partial charge in [-0.05, 0) is 42.8 Å².